The van der Waals surface area contributed by atoms with Crippen molar-refractivity contribution < 1.29 is 9.59 Å². The average Bonchev–Trinajstić information content (AvgIpc) is 2.85. The van der Waals surface area contributed by atoms with Gasteiger partial charge in [0.25, 0.3) is 5.91 Å². The van der Waals surface area contributed by atoms with E-state index in [9.17, 15) is 9.59 Å². The van der Waals surface area contributed by atoms with Crippen LogP contribution in [0.15, 0.2) is 54.6 Å². The van der Waals surface area contributed by atoms with Gasteiger partial charge in [-0.25, -0.2) is 9.97 Å². The number of nitrogens with zero attached hydrogens (tertiary/aromatic N) is 2. The summed E-state index contributed by atoms with van der Waals surface area (Å²) in [6, 6.07) is 17.5. The SMILES string of the molecule is CC(=O)NCCNc1nc(-c2ccccc2)nc(NCCNC(=O)c2ccc(C(C)(C)C)cc2)c1C. The highest BCUT2D eigenvalue weighted by Gasteiger charge is 2.15. The van der Waals surface area contributed by atoms with Gasteiger partial charge in [-0.2, -0.15) is 0 Å². The first-order valence-corrected chi connectivity index (χ1v) is 12.2. The fraction of sp³-hybridized carbons (Fsp3) is 0.357. The second-order valence-electron chi connectivity index (χ2n) is 9.66. The molecule has 0 atom stereocenters. The van der Waals surface area contributed by atoms with Crippen molar-refractivity contribution in [1.82, 2.24) is 20.6 Å². The van der Waals surface area contributed by atoms with Crippen molar-refractivity contribution in [2.75, 3.05) is 36.8 Å². The van der Waals surface area contributed by atoms with Crippen LogP contribution in [-0.4, -0.2) is 48.0 Å². The Hall–Kier alpha value is -3.94. The Bertz CT molecular complexity index is 1170. The van der Waals surface area contributed by atoms with E-state index >= 15 is 0 Å². The summed E-state index contributed by atoms with van der Waals surface area (Å²) >= 11 is 0. The fourth-order valence-corrected chi connectivity index (χ4v) is 3.58. The maximum atomic E-state index is 12.6. The Morgan fingerprint density at radius 2 is 1.33 bits per heavy atom. The van der Waals surface area contributed by atoms with Crippen molar-refractivity contribution in [3.8, 4) is 11.4 Å². The molecule has 2 amide bonds. The quantitative estimate of drug-likeness (QED) is 0.320. The smallest absolute Gasteiger partial charge is 0.251 e. The lowest BCUT2D eigenvalue weighted by Crippen LogP contribution is -2.29. The molecule has 4 N–H and O–H groups in total. The number of aromatic nitrogens is 2. The molecular weight excluding hydrogens is 452 g/mol. The first-order chi connectivity index (χ1) is 17.1. The standard InChI is InChI=1S/C28H36N6O2/c1-19-24(30-16-15-29-20(2)35)33-26(21-9-7-6-8-10-21)34-25(19)31-17-18-32-27(36)22-11-13-23(14-12-22)28(3,4)5/h6-14H,15-18H2,1-5H3,(H,29,35)(H,32,36)(H2,30,31,33,34). The normalized spacial score (nSPS) is 11.0. The molecule has 1 heterocycles. The molecule has 36 heavy (non-hydrogen) atoms. The second kappa shape index (κ2) is 12.2. The van der Waals surface area contributed by atoms with Gasteiger partial charge in [0.05, 0.1) is 0 Å². The molecule has 0 saturated carbocycles. The summed E-state index contributed by atoms with van der Waals surface area (Å²) in [4.78, 5) is 33.1. The summed E-state index contributed by atoms with van der Waals surface area (Å²) in [7, 11) is 0. The molecule has 0 fully saturated rings. The average molecular weight is 489 g/mol. The number of hydrogen-bond donors (Lipinski definition) is 4. The zero-order valence-corrected chi connectivity index (χ0v) is 21.7. The van der Waals surface area contributed by atoms with Crippen molar-refractivity contribution in [3.05, 3.63) is 71.3 Å². The number of anilines is 2. The van der Waals surface area contributed by atoms with E-state index in [0.717, 1.165) is 11.1 Å². The molecule has 0 spiro atoms. The Kier molecular flexibility index (Phi) is 9.00. The number of hydrogen-bond acceptors (Lipinski definition) is 6. The van der Waals surface area contributed by atoms with Crippen LogP contribution in [0, 0.1) is 6.92 Å². The minimum atomic E-state index is -0.109. The molecule has 0 bridgehead atoms. The van der Waals surface area contributed by atoms with Crippen molar-refractivity contribution >= 4 is 23.5 Å². The Balaban J connectivity index is 1.65. The maximum absolute atomic E-state index is 12.6. The van der Waals surface area contributed by atoms with Gasteiger partial charge in [0, 0.05) is 49.8 Å². The first-order valence-electron chi connectivity index (χ1n) is 12.2. The fourth-order valence-electron chi connectivity index (χ4n) is 3.58. The Morgan fingerprint density at radius 1 is 0.778 bits per heavy atom. The van der Waals surface area contributed by atoms with Crippen molar-refractivity contribution in [1.29, 1.82) is 0 Å². The van der Waals surface area contributed by atoms with E-state index in [4.69, 9.17) is 9.97 Å². The third kappa shape index (κ3) is 7.53. The van der Waals surface area contributed by atoms with Gasteiger partial charge in [-0.3, -0.25) is 9.59 Å². The van der Waals surface area contributed by atoms with Crippen LogP contribution in [0.5, 0.6) is 0 Å². The van der Waals surface area contributed by atoms with Crippen LogP contribution >= 0.6 is 0 Å². The van der Waals surface area contributed by atoms with Crippen LogP contribution in [0.25, 0.3) is 11.4 Å². The number of benzene rings is 2. The molecule has 0 aliphatic heterocycles. The lowest BCUT2D eigenvalue weighted by molar-refractivity contribution is -0.118. The van der Waals surface area contributed by atoms with E-state index in [1.54, 1.807) is 0 Å². The number of carbonyl (C=O) groups is 2. The van der Waals surface area contributed by atoms with Gasteiger partial charge >= 0.3 is 0 Å². The van der Waals surface area contributed by atoms with Gasteiger partial charge in [0.2, 0.25) is 5.91 Å². The molecule has 1 aromatic heterocycles. The van der Waals surface area contributed by atoms with Gasteiger partial charge in [-0.1, -0.05) is 63.2 Å². The summed E-state index contributed by atoms with van der Waals surface area (Å²) in [5, 5.41) is 12.4. The summed E-state index contributed by atoms with van der Waals surface area (Å²) in [6.45, 7) is 11.8. The summed E-state index contributed by atoms with van der Waals surface area (Å²) < 4.78 is 0. The molecule has 0 aliphatic carbocycles. The Morgan fingerprint density at radius 3 is 1.86 bits per heavy atom. The molecule has 8 heteroatoms. The molecule has 2 aromatic carbocycles. The predicted molar refractivity (Wildman–Crippen MR) is 145 cm³/mol. The van der Waals surface area contributed by atoms with Crippen molar-refractivity contribution in [2.24, 2.45) is 0 Å². The minimum Gasteiger partial charge on any atom is -0.368 e. The molecule has 190 valence electrons. The highest BCUT2D eigenvalue weighted by Crippen LogP contribution is 2.25. The number of amides is 2. The number of nitrogens with one attached hydrogen (secondary N) is 4. The third-order valence-electron chi connectivity index (χ3n) is 5.69. The molecule has 3 rings (SSSR count). The second-order valence-corrected chi connectivity index (χ2v) is 9.66. The predicted octanol–water partition coefficient (Wildman–Crippen LogP) is 4.14. The molecule has 3 aromatic rings. The molecule has 0 radical (unpaired) electrons. The van der Waals surface area contributed by atoms with Gasteiger partial charge in [-0.15, -0.1) is 0 Å². The zero-order chi connectivity index (χ0) is 26.1. The lowest BCUT2D eigenvalue weighted by Gasteiger charge is -2.19. The zero-order valence-electron chi connectivity index (χ0n) is 21.7. The van der Waals surface area contributed by atoms with E-state index < -0.39 is 0 Å². The van der Waals surface area contributed by atoms with E-state index in [0.29, 0.717) is 49.2 Å². The topological polar surface area (TPSA) is 108 Å². The van der Waals surface area contributed by atoms with Crippen LogP contribution in [-0.2, 0) is 10.2 Å². The van der Waals surface area contributed by atoms with Crippen LogP contribution in [0.2, 0.25) is 0 Å². The van der Waals surface area contributed by atoms with Gasteiger partial charge < -0.3 is 21.3 Å². The van der Waals surface area contributed by atoms with Crippen LogP contribution in [0.4, 0.5) is 11.6 Å². The minimum absolute atomic E-state index is 0.0462. The van der Waals surface area contributed by atoms with E-state index in [-0.39, 0.29) is 17.2 Å². The van der Waals surface area contributed by atoms with E-state index in [2.05, 4.69) is 42.0 Å². The number of rotatable bonds is 10. The Labute approximate surface area is 213 Å². The highest BCUT2D eigenvalue weighted by atomic mass is 16.2. The largest absolute Gasteiger partial charge is 0.368 e. The van der Waals surface area contributed by atoms with Crippen molar-refractivity contribution in [2.45, 2.75) is 40.0 Å². The maximum Gasteiger partial charge on any atom is 0.251 e. The first kappa shape index (κ1) is 26.7. The van der Waals surface area contributed by atoms with E-state index in [1.165, 1.54) is 12.5 Å². The van der Waals surface area contributed by atoms with Crippen LogP contribution in [0.1, 0.15) is 49.2 Å². The van der Waals surface area contributed by atoms with Gasteiger partial charge in [-0.05, 0) is 30.0 Å². The van der Waals surface area contributed by atoms with E-state index in [1.807, 2.05) is 61.5 Å². The molecular formula is C28H36N6O2. The van der Waals surface area contributed by atoms with Crippen LogP contribution < -0.4 is 21.3 Å². The lowest BCUT2D eigenvalue weighted by atomic mass is 9.87. The molecule has 0 unspecified atom stereocenters. The molecule has 8 nitrogen and oxygen atoms in total. The molecule has 0 saturated heterocycles. The summed E-state index contributed by atoms with van der Waals surface area (Å²) in [5.74, 6) is 1.79. The summed E-state index contributed by atoms with van der Waals surface area (Å²) in [5.41, 5.74) is 3.64. The van der Waals surface area contributed by atoms with Crippen LogP contribution in [0.3, 0.4) is 0 Å². The third-order valence-corrected chi connectivity index (χ3v) is 5.69. The summed E-state index contributed by atoms with van der Waals surface area (Å²) in [6.07, 6.45) is 0. The monoisotopic (exact) mass is 488 g/mol. The van der Waals surface area contributed by atoms with Gasteiger partial charge in [0.15, 0.2) is 5.82 Å². The molecule has 0 aliphatic rings. The highest BCUT2D eigenvalue weighted by molar-refractivity contribution is 5.94. The van der Waals surface area contributed by atoms with Crippen molar-refractivity contribution in [3.63, 3.8) is 0 Å². The number of carbonyl (C=O) groups excluding carboxylic acids is 2. The van der Waals surface area contributed by atoms with Gasteiger partial charge in [0.1, 0.15) is 11.6 Å².